The van der Waals surface area contributed by atoms with E-state index in [1.807, 2.05) is 17.0 Å². The van der Waals surface area contributed by atoms with Crippen molar-refractivity contribution in [3.8, 4) is 22.8 Å². The second-order valence-electron chi connectivity index (χ2n) is 8.00. The molecule has 2 aromatic heterocycles. The number of halogens is 4. The number of methoxy groups -OCH3 is 1. The van der Waals surface area contributed by atoms with Crippen LogP contribution in [0.1, 0.15) is 27.7 Å². The zero-order valence-electron chi connectivity index (χ0n) is 18.9. The van der Waals surface area contributed by atoms with Crippen molar-refractivity contribution in [2.24, 2.45) is 0 Å². The number of nitrogens with one attached hydrogen (secondary N) is 1. The van der Waals surface area contributed by atoms with Gasteiger partial charge in [-0.25, -0.2) is 13.6 Å². The molecule has 0 bridgehead atoms. The van der Waals surface area contributed by atoms with Gasteiger partial charge >= 0.3 is 6.36 Å². The summed E-state index contributed by atoms with van der Waals surface area (Å²) in [6.45, 7) is 8.15. The first-order valence-electron chi connectivity index (χ1n) is 9.80. The Hall–Kier alpha value is -2.64. The van der Waals surface area contributed by atoms with Crippen molar-refractivity contribution in [2.75, 3.05) is 11.8 Å². The summed E-state index contributed by atoms with van der Waals surface area (Å²) in [5.74, 6) is -2.02. The molecule has 13 heteroatoms. The van der Waals surface area contributed by atoms with Crippen LogP contribution in [0.4, 0.5) is 23.2 Å². The fourth-order valence-electron chi connectivity index (χ4n) is 3.45. The van der Waals surface area contributed by atoms with Crippen molar-refractivity contribution in [3.05, 3.63) is 36.4 Å². The average molecular weight is 522 g/mol. The number of imidazole rings is 1. The van der Waals surface area contributed by atoms with Gasteiger partial charge in [-0.1, -0.05) is 26.1 Å². The fraction of sp³-hybridized carbons (Fsp3) is 0.333. The maximum absolute atomic E-state index is 14.6. The van der Waals surface area contributed by atoms with Gasteiger partial charge in [0, 0.05) is 22.6 Å². The molecule has 2 atom stereocenters. The van der Waals surface area contributed by atoms with Crippen molar-refractivity contribution >= 4 is 38.5 Å². The Morgan fingerprint density at radius 1 is 1.18 bits per heavy atom. The Balaban J connectivity index is 2.29. The van der Waals surface area contributed by atoms with Gasteiger partial charge in [0.25, 0.3) is 11.3 Å². The highest BCUT2D eigenvalue weighted by Crippen LogP contribution is 2.45. The molecule has 2 heterocycles. The minimum absolute atomic E-state index is 0.0772. The van der Waals surface area contributed by atoms with Gasteiger partial charge in [-0.15, -0.1) is 23.7 Å². The number of alkyl halides is 3. The van der Waals surface area contributed by atoms with E-state index in [0.29, 0.717) is 17.1 Å². The predicted molar refractivity (Wildman–Crippen MR) is 126 cm³/mol. The van der Waals surface area contributed by atoms with Crippen molar-refractivity contribution < 1.29 is 35.8 Å². The molecule has 3 rings (SSSR count). The number of anilines is 1. The summed E-state index contributed by atoms with van der Waals surface area (Å²) >= 11 is -2.73. The first-order chi connectivity index (χ1) is 15.7. The molecular formula is C21H23F4N3O4S2. The number of hydrogen-bond donors (Lipinski definition) is 2. The Morgan fingerprint density at radius 3 is 2.38 bits per heavy atom. The zero-order chi connectivity index (χ0) is 25.4. The molecule has 0 aliphatic carbocycles. The summed E-state index contributed by atoms with van der Waals surface area (Å²) in [5.41, 5.74) is 0.184. The van der Waals surface area contributed by atoms with Gasteiger partial charge in [0.05, 0.1) is 29.6 Å². The third kappa shape index (κ3) is 5.53. The smallest absolute Gasteiger partial charge is 0.495 e. The van der Waals surface area contributed by atoms with Gasteiger partial charge in [0.2, 0.25) is 0 Å². The van der Waals surface area contributed by atoms with Crippen LogP contribution in [0.3, 0.4) is 0 Å². The highest BCUT2D eigenvalue weighted by atomic mass is 32.2. The van der Waals surface area contributed by atoms with Crippen molar-refractivity contribution in [2.45, 2.75) is 43.7 Å². The van der Waals surface area contributed by atoms with Crippen LogP contribution in [-0.4, -0.2) is 41.7 Å². The number of hydrogen-bond acceptors (Lipinski definition) is 4. The number of benzene rings is 1. The van der Waals surface area contributed by atoms with Crippen LogP contribution in [0.15, 0.2) is 35.5 Å². The molecule has 0 saturated heterocycles. The molecular weight excluding hydrogens is 498 g/mol. The lowest BCUT2D eigenvalue weighted by Gasteiger charge is -2.26. The summed E-state index contributed by atoms with van der Waals surface area (Å²) < 4.78 is 86.2. The summed E-state index contributed by atoms with van der Waals surface area (Å²) in [6.07, 6.45) is -2.00. The van der Waals surface area contributed by atoms with Crippen LogP contribution in [0.2, 0.25) is 0 Å². The summed E-state index contributed by atoms with van der Waals surface area (Å²) in [4.78, 5) is 5.14. The van der Waals surface area contributed by atoms with Crippen LogP contribution < -0.4 is 14.2 Å². The van der Waals surface area contributed by atoms with Crippen molar-refractivity contribution in [1.29, 1.82) is 0 Å². The van der Waals surface area contributed by atoms with Crippen molar-refractivity contribution in [3.63, 3.8) is 0 Å². The predicted octanol–water partition coefficient (Wildman–Crippen LogP) is 5.84. The first kappa shape index (κ1) is 26.0. The maximum Gasteiger partial charge on any atom is 0.573 e. The molecule has 2 unspecified atom stereocenters. The second-order valence-corrected chi connectivity index (χ2v) is 11.5. The number of aromatic nitrogens is 2. The van der Waals surface area contributed by atoms with E-state index in [1.165, 1.54) is 13.3 Å². The highest BCUT2D eigenvalue weighted by molar-refractivity contribution is 8.16. The third-order valence-corrected chi connectivity index (χ3v) is 7.65. The van der Waals surface area contributed by atoms with E-state index < -0.39 is 34.9 Å². The molecule has 0 aliphatic rings. The Bertz CT molecular complexity index is 1280. The second kappa shape index (κ2) is 9.55. The van der Waals surface area contributed by atoms with Gasteiger partial charge in [-0.2, -0.15) is 0 Å². The summed E-state index contributed by atoms with van der Waals surface area (Å²) in [6, 6.07) is 3.67. The summed E-state index contributed by atoms with van der Waals surface area (Å²) in [7, 11) is 1.15. The maximum atomic E-state index is 14.6. The lowest BCUT2D eigenvalue weighted by atomic mass is 10.1. The van der Waals surface area contributed by atoms with E-state index in [0.717, 1.165) is 17.0 Å². The third-order valence-electron chi connectivity index (χ3n) is 4.69. The first-order valence-corrected chi connectivity index (χ1v) is 12.2. The quantitative estimate of drug-likeness (QED) is 0.242. The van der Waals surface area contributed by atoms with Crippen LogP contribution in [0, 0.1) is 5.82 Å². The van der Waals surface area contributed by atoms with E-state index in [1.54, 1.807) is 16.7 Å². The molecule has 7 nitrogen and oxygen atoms in total. The van der Waals surface area contributed by atoms with E-state index in [9.17, 15) is 21.8 Å². The normalized spacial score (nSPS) is 14.3. The molecule has 0 fully saturated rings. The number of ether oxygens (including phenoxy) is 2. The molecule has 0 spiro atoms. The zero-order valence-corrected chi connectivity index (χ0v) is 20.5. The van der Waals surface area contributed by atoms with E-state index >= 15 is 0 Å². The molecule has 0 amide bonds. The minimum Gasteiger partial charge on any atom is -0.495 e. The molecule has 3 aromatic rings. The van der Waals surface area contributed by atoms with E-state index in [-0.39, 0.29) is 20.8 Å². The van der Waals surface area contributed by atoms with Crippen LogP contribution >= 0.6 is 10.5 Å². The molecule has 34 heavy (non-hydrogen) atoms. The number of pyridine rings is 1. The molecule has 1 aromatic carbocycles. The van der Waals surface area contributed by atoms with Gasteiger partial charge in [0.1, 0.15) is 11.4 Å². The minimum atomic E-state index is -5.17. The number of nitrogens with zero attached hydrogens (tertiary/aromatic N) is 2. The largest absolute Gasteiger partial charge is 0.573 e. The fourth-order valence-corrected chi connectivity index (χ4v) is 5.98. The van der Waals surface area contributed by atoms with Gasteiger partial charge < -0.3 is 9.47 Å². The standard InChI is InChI=1S/C21H23F4N3O4S2/c1-6-33(20(2,3)4)17-11-28-14(10-26-18(28)9-15(17)31-5)12-7-13(27-34(29)30)19(22)16(8-12)32-21(23,24)25/h6-11,27H,1-5H3,(H,29,30). The SMILES string of the molecule is C/C=S(/c1cn2c(-c3cc(NS(=O)O)c(F)c(OC(F)(F)F)c3)cnc2cc1OC)C(C)(C)C. The highest BCUT2D eigenvalue weighted by Gasteiger charge is 2.33. The molecule has 0 aliphatic heterocycles. The summed E-state index contributed by atoms with van der Waals surface area (Å²) in [5, 5.41) is 2.05. The van der Waals surface area contributed by atoms with E-state index in [2.05, 4.69) is 30.5 Å². The van der Waals surface area contributed by atoms with Crippen molar-refractivity contribution in [1.82, 2.24) is 9.38 Å². The lowest BCUT2D eigenvalue weighted by molar-refractivity contribution is -0.275. The van der Waals surface area contributed by atoms with Gasteiger partial charge in [-0.3, -0.25) is 13.7 Å². The molecule has 186 valence electrons. The van der Waals surface area contributed by atoms with Crippen LogP contribution in [-0.2, 0) is 11.3 Å². The monoisotopic (exact) mass is 521 g/mol. The van der Waals surface area contributed by atoms with Gasteiger partial charge in [0.15, 0.2) is 11.6 Å². The molecule has 2 N–H and O–H groups in total. The Morgan fingerprint density at radius 2 is 1.85 bits per heavy atom. The topological polar surface area (TPSA) is 85.1 Å². The van der Waals surface area contributed by atoms with Crippen LogP contribution in [0.25, 0.3) is 16.9 Å². The number of rotatable bonds is 6. The Kier molecular flexibility index (Phi) is 7.29. The van der Waals surface area contributed by atoms with Crippen LogP contribution in [0.5, 0.6) is 11.5 Å². The number of fused-ring (bicyclic) bond motifs is 1. The lowest BCUT2D eigenvalue weighted by Crippen LogP contribution is -2.18. The molecule has 0 radical (unpaired) electrons. The van der Waals surface area contributed by atoms with E-state index in [4.69, 9.17) is 9.29 Å². The average Bonchev–Trinajstić information content (AvgIpc) is 3.11. The Labute approximate surface area is 198 Å². The molecule has 0 saturated carbocycles. The van der Waals surface area contributed by atoms with Gasteiger partial charge in [-0.05, 0) is 19.1 Å².